The van der Waals surface area contributed by atoms with Crippen molar-refractivity contribution in [3.63, 3.8) is 0 Å². The number of benzene rings is 1. The van der Waals surface area contributed by atoms with Crippen LogP contribution in [0.2, 0.25) is 0 Å². The van der Waals surface area contributed by atoms with Gasteiger partial charge < -0.3 is 19.1 Å². The number of piperidine rings is 1. The van der Waals surface area contributed by atoms with E-state index in [1.165, 1.54) is 37.0 Å². The van der Waals surface area contributed by atoms with E-state index in [1.807, 2.05) is 39.1 Å². The van der Waals surface area contributed by atoms with Gasteiger partial charge in [-0.3, -0.25) is 9.63 Å². The van der Waals surface area contributed by atoms with Crippen LogP contribution in [0.5, 0.6) is 5.75 Å². The first kappa shape index (κ1) is 31.8. The van der Waals surface area contributed by atoms with Crippen LogP contribution in [0.25, 0.3) is 0 Å². The number of thiazole rings is 1. The van der Waals surface area contributed by atoms with Gasteiger partial charge in [0.15, 0.2) is 0 Å². The largest absolute Gasteiger partial charge is 0.491 e. The molecule has 2 aromatic rings. The van der Waals surface area contributed by atoms with E-state index >= 15 is 0 Å². The number of hydrogen-bond donors (Lipinski definition) is 0. The molecule has 0 bridgehead atoms. The van der Waals surface area contributed by atoms with Crippen molar-refractivity contribution in [2.75, 3.05) is 37.7 Å². The Morgan fingerprint density at radius 2 is 1.86 bits per heavy atom. The molecule has 1 amide bonds. The van der Waals surface area contributed by atoms with Crippen LogP contribution in [0.4, 0.5) is 5.69 Å². The number of ether oxygens (including phenoxy) is 3. The van der Waals surface area contributed by atoms with Crippen LogP contribution in [0.1, 0.15) is 117 Å². The van der Waals surface area contributed by atoms with Crippen molar-refractivity contribution in [3.05, 3.63) is 39.3 Å². The number of aryl methyl sites for hydroxylation is 1. The van der Waals surface area contributed by atoms with E-state index in [2.05, 4.69) is 23.7 Å². The van der Waals surface area contributed by atoms with Gasteiger partial charge >= 0.3 is 0 Å². The molecule has 9 heteroatoms. The smallest absolute Gasteiger partial charge is 0.279 e. The molecule has 4 heterocycles. The third-order valence-corrected chi connectivity index (χ3v) is 11.3. The maximum atomic E-state index is 14.1. The van der Waals surface area contributed by atoms with Crippen LogP contribution < -0.4 is 9.64 Å². The molecule has 2 atom stereocenters. The number of hydrogen-bond acceptors (Lipinski definition) is 8. The topological polar surface area (TPSA) is 73.4 Å². The number of nitrogens with zero attached hydrogens (tertiary/aromatic N) is 3. The Morgan fingerprint density at radius 3 is 2.50 bits per heavy atom. The van der Waals surface area contributed by atoms with E-state index in [1.54, 1.807) is 16.4 Å². The summed E-state index contributed by atoms with van der Waals surface area (Å²) in [5.41, 5.74) is 2.67. The number of aromatic nitrogens is 1. The fourth-order valence-electron chi connectivity index (χ4n) is 7.98. The summed E-state index contributed by atoms with van der Waals surface area (Å²) in [6.07, 6.45) is 13.0. The summed E-state index contributed by atoms with van der Waals surface area (Å²) in [6.45, 7) is 13.9. The van der Waals surface area contributed by atoms with Crippen LogP contribution in [0, 0.1) is 19.3 Å². The highest BCUT2D eigenvalue weighted by molar-refractivity contribution is 7.11. The predicted octanol–water partition coefficient (Wildman–Crippen LogP) is 7.57. The van der Waals surface area contributed by atoms with Crippen molar-refractivity contribution >= 4 is 22.9 Å². The lowest BCUT2D eigenvalue weighted by Gasteiger charge is -2.49. The van der Waals surface area contributed by atoms with Crippen LogP contribution in [0.3, 0.4) is 0 Å². The van der Waals surface area contributed by atoms with Crippen molar-refractivity contribution in [1.29, 1.82) is 0 Å². The monoisotopic (exact) mass is 625 g/mol. The quantitative estimate of drug-likeness (QED) is 0.314. The van der Waals surface area contributed by atoms with Gasteiger partial charge in [-0.05, 0) is 84.3 Å². The predicted molar refractivity (Wildman–Crippen MR) is 174 cm³/mol. The van der Waals surface area contributed by atoms with E-state index in [4.69, 9.17) is 19.0 Å². The van der Waals surface area contributed by atoms with E-state index in [9.17, 15) is 4.79 Å². The summed E-state index contributed by atoms with van der Waals surface area (Å²) in [5.74, 6) is 0.787. The highest BCUT2D eigenvalue weighted by atomic mass is 32.1. The number of carbonyl (C=O) groups excluding carboxylic acids is 1. The molecule has 4 aliphatic rings. The molecule has 1 aliphatic carbocycles. The normalized spacial score (nSPS) is 25.1. The van der Waals surface area contributed by atoms with Crippen molar-refractivity contribution in [3.8, 4) is 5.75 Å². The second kappa shape index (κ2) is 13.3. The summed E-state index contributed by atoms with van der Waals surface area (Å²) in [7, 11) is 0. The zero-order valence-corrected chi connectivity index (χ0v) is 28.2. The van der Waals surface area contributed by atoms with Crippen molar-refractivity contribution in [2.24, 2.45) is 5.41 Å². The lowest BCUT2D eigenvalue weighted by atomic mass is 9.72. The summed E-state index contributed by atoms with van der Waals surface area (Å²) in [6, 6.07) is 3.91. The second-order valence-corrected chi connectivity index (χ2v) is 15.1. The fraction of sp³-hybridized carbons (Fsp3) is 0.714. The highest BCUT2D eigenvalue weighted by Gasteiger charge is 2.46. The van der Waals surface area contributed by atoms with Crippen LogP contribution in [-0.2, 0) is 14.3 Å². The average Bonchev–Trinajstić information content (AvgIpc) is 3.45. The molecule has 4 fully saturated rings. The van der Waals surface area contributed by atoms with Gasteiger partial charge in [-0.2, -0.15) is 0 Å². The van der Waals surface area contributed by atoms with Gasteiger partial charge in [0.25, 0.3) is 5.91 Å². The lowest BCUT2D eigenvalue weighted by Crippen LogP contribution is -2.52. The van der Waals surface area contributed by atoms with Crippen LogP contribution in [-0.4, -0.2) is 66.6 Å². The molecule has 2 spiro atoms. The van der Waals surface area contributed by atoms with Gasteiger partial charge in [-0.25, -0.2) is 10.0 Å². The van der Waals surface area contributed by atoms with Gasteiger partial charge in [0, 0.05) is 50.8 Å². The average molecular weight is 626 g/mol. The van der Waals surface area contributed by atoms with Crippen molar-refractivity contribution < 1.29 is 23.8 Å². The van der Waals surface area contributed by atoms with Gasteiger partial charge in [0.1, 0.15) is 5.75 Å². The number of hydroxylamine groups is 2. The maximum absolute atomic E-state index is 14.1. The molecule has 6 rings (SSSR count). The van der Waals surface area contributed by atoms with E-state index in [0.717, 1.165) is 67.2 Å². The minimum absolute atomic E-state index is 0.00315. The number of anilines is 1. The highest BCUT2D eigenvalue weighted by Crippen LogP contribution is 2.47. The third-order valence-electron chi connectivity index (χ3n) is 10.3. The molecular formula is C35H51N3O5S. The minimum atomic E-state index is -0.258. The van der Waals surface area contributed by atoms with Gasteiger partial charge in [0.2, 0.25) is 0 Å². The number of carbonyl (C=O) groups is 1. The molecule has 0 radical (unpaired) electrons. The molecular weight excluding hydrogens is 574 g/mol. The Balaban J connectivity index is 1.22. The van der Waals surface area contributed by atoms with Crippen LogP contribution in [0.15, 0.2) is 18.3 Å². The number of rotatable bonds is 7. The first-order valence-corrected chi connectivity index (χ1v) is 17.7. The summed E-state index contributed by atoms with van der Waals surface area (Å²) in [4.78, 5) is 28.4. The first-order chi connectivity index (χ1) is 21.2. The standard InChI is InChI=1S/C35H51N3O5S/c1-6-40-27-20-30(31-22-36-26(5)44-31)43-35(21-27)15-17-37(18-16-35)32-25(4)29(42-24(2)3)11-10-28(32)33(39)38-19-14-34(23-41-38)12-8-7-9-13-34/h10-11,22,24,27,30H,6-9,12-21,23H2,1-5H3/t27-,30-/m0/s1. The zero-order chi connectivity index (χ0) is 30.9. The Labute approximate surface area is 267 Å². The second-order valence-electron chi connectivity index (χ2n) is 13.8. The molecule has 44 heavy (non-hydrogen) atoms. The molecule has 1 aromatic carbocycles. The van der Waals surface area contributed by atoms with Gasteiger partial charge in [-0.15, -0.1) is 11.3 Å². The molecule has 1 saturated carbocycles. The Bertz CT molecular complexity index is 1290. The Morgan fingerprint density at radius 1 is 1.09 bits per heavy atom. The molecule has 0 N–H and O–H groups in total. The van der Waals surface area contributed by atoms with Gasteiger partial charge in [-0.1, -0.05) is 19.3 Å². The number of amides is 1. The molecule has 3 saturated heterocycles. The van der Waals surface area contributed by atoms with Gasteiger partial charge in [0.05, 0.1) is 51.7 Å². The Hall–Kier alpha value is -2.20. The van der Waals surface area contributed by atoms with E-state index < -0.39 is 0 Å². The summed E-state index contributed by atoms with van der Waals surface area (Å²) < 4.78 is 19.4. The first-order valence-electron chi connectivity index (χ1n) is 16.9. The summed E-state index contributed by atoms with van der Waals surface area (Å²) in [5, 5.41) is 2.69. The fourth-order valence-corrected chi connectivity index (χ4v) is 8.81. The van der Waals surface area contributed by atoms with E-state index in [0.29, 0.717) is 25.3 Å². The molecule has 8 nitrogen and oxygen atoms in total. The summed E-state index contributed by atoms with van der Waals surface area (Å²) >= 11 is 1.72. The maximum Gasteiger partial charge on any atom is 0.279 e. The van der Waals surface area contributed by atoms with E-state index in [-0.39, 0.29) is 35.2 Å². The zero-order valence-electron chi connectivity index (χ0n) is 27.4. The van der Waals surface area contributed by atoms with Crippen LogP contribution >= 0.6 is 11.3 Å². The molecule has 1 aromatic heterocycles. The lowest BCUT2D eigenvalue weighted by molar-refractivity contribution is -0.193. The third kappa shape index (κ3) is 6.67. The molecule has 242 valence electrons. The minimum Gasteiger partial charge on any atom is -0.491 e. The van der Waals surface area contributed by atoms with Crippen molar-refractivity contribution in [2.45, 2.75) is 123 Å². The molecule has 3 aliphatic heterocycles. The van der Waals surface area contributed by atoms with Crippen molar-refractivity contribution in [1.82, 2.24) is 10.0 Å². The molecule has 0 unspecified atom stereocenters. The Kier molecular flexibility index (Phi) is 9.58. The SMILES string of the molecule is CCO[C@H]1C[C@@H](c2cnc(C)s2)OC2(CCN(c3c(C(=O)N4CCC5(CCCCC5)CO4)ccc(OC(C)C)c3C)CC2)C1.